The van der Waals surface area contributed by atoms with Crippen LogP contribution in [0.4, 0.5) is 16.1 Å². The van der Waals surface area contributed by atoms with E-state index in [9.17, 15) is 9.18 Å². The first-order valence-corrected chi connectivity index (χ1v) is 7.94. The van der Waals surface area contributed by atoms with Crippen molar-refractivity contribution >= 4 is 40.2 Å². The molecule has 1 N–H and O–H groups in total. The van der Waals surface area contributed by atoms with E-state index in [2.05, 4.69) is 10.3 Å². The maximum absolute atomic E-state index is 13.2. The van der Waals surface area contributed by atoms with Crippen molar-refractivity contribution in [3.05, 3.63) is 52.8 Å². The van der Waals surface area contributed by atoms with E-state index in [4.69, 9.17) is 16.0 Å². The first-order valence-electron chi connectivity index (χ1n) is 7.56. The lowest BCUT2D eigenvalue weighted by Gasteiger charge is -2.08. The summed E-state index contributed by atoms with van der Waals surface area (Å²) in [7, 11) is 0. The average molecular weight is 347 g/mol. The van der Waals surface area contributed by atoms with Gasteiger partial charge >= 0.3 is 0 Å². The van der Waals surface area contributed by atoms with Crippen LogP contribution in [0.25, 0.3) is 11.1 Å². The number of rotatable bonds is 5. The van der Waals surface area contributed by atoms with Crippen molar-refractivity contribution in [1.29, 1.82) is 0 Å². The summed E-state index contributed by atoms with van der Waals surface area (Å²) in [6, 6.07) is 9.70. The Labute approximate surface area is 143 Å². The van der Waals surface area contributed by atoms with Crippen LogP contribution < -0.4 is 5.32 Å². The Morgan fingerprint density at radius 2 is 2.08 bits per heavy atom. The molecule has 1 aromatic heterocycles. The minimum Gasteiger partial charge on any atom is -0.423 e. The fourth-order valence-electron chi connectivity index (χ4n) is 2.24. The number of carbonyl (C=O) groups is 1. The molecule has 0 fully saturated rings. The molecule has 0 spiro atoms. The molecule has 6 heteroatoms. The topological polar surface area (TPSA) is 55.1 Å². The van der Waals surface area contributed by atoms with Crippen LogP contribution in [0.2, 0.25) is 5.02 Å². The molecule has 0 saturated heterocycles. The lowest BCUT2D eigenvalue weighted by atomic mass is 10.0. The van der Waals surface area contributed by atoms with Crippen LogP contribution >= 0.6 is 11.6 Å². The molecule has 3 rings (SSSR count). The standard InChI is InChI=1S/C18H16ClFN2O2/c1-10(2)16(23)8-11-3-5-14(13(19)7-11)21-18-22-15-6-4-12(20)9-17(15)24-18/h3-7,9-10H,8H2,1-2H3,(H,21,22). The molecule has 0 saturated carbocycles. The third-order valence-electron chi connectivity index (χ3n) is 3.65. The second-order valence-electron chi connectivity index (χ2n) is 5.87. The Morgan fingerprint density at radius 3 is 2.79 bits per heavy atom. The maximum atomic E-state index is 13.2. The molecule has 0 atom stereocenters. The lowest BCUT2D eigenvalue weighted by Crippen LogP contribution is -2.10. The summed E-state index contributed by atoms with van der Waals surface area (Å²) in [5.74, 6) is -0.239. The highest BCUT2D eigenvalue weighted by atomic mass is 35.5. The van der Waals surface area contributed by atoms with Crippen LogP contribution in [-0.4, -0.2) is 10.8 Å². The molecule has 124 valence electrons. The van der Waals surface area contributed by atoms with Gasteiger partial charge in [-0.2, -0.15) is 4.98 Å². The summed E-state index contributed by atoms with van der Waals surface area (Å²) in [5, 5.41) is 3.42. The molecule has 4 nitrogen and oxygen atoms in total. The number of hydrogen-bond acceptors (Lipinski definition) is 4. The summed E-state index contributed by atoms with van der Waals surface area (Å²) >= 11 is 6.26. The summed E-state index contributed by atoms with van der Waals surface area (Å²) in [6.45, 7) is 3.74. The van der Waals surface area contributed by atoms with Gasteiger partial charge in [0, 0.05) is 18.4 Å². The van der Waals surface area contributed by atoms with Crippen molar-refractivity contribution in [2.24, 2.45) is 5.92 Å². The number of carbonyl (C=O) groups excluding carboxylic acids is 1. The molecule has 0 unspecified atom stereocenters. The molecule has 24 heavy (non-hydrogen) atoms. The number of nitrogens with zero attached hydrogens (tertiary/aromatic N) is 1. The predicted molar refractivity (Wildman–Crippen MR) is 92.3 cm³/mol. The van der Waals surface area contributed by atoms with Crippen LogP contribution in [0.1, 0.15) is 19.4 Å². The first-order chi connectivity index (χ1) is 11.4. The van der Waals surface area contributed by atoms with Crippen molar-refractivity contribution in [2.75, 3.05) is 5.32 Å². The van der Waals surface area contributed by atoms with Crippen LogP contribution in [0, 0.1) is 11.7 Å². The van der Waals surface area contributed by atoms with E-state index in [0.717, 1.165) is 5.56 Å². The number of hydrogen-bond donors (Lipinski definition) is 1. The molecular formula is C18H16ClFN2O2. The molecule has 0 amide bonds. The number of oxazole rings is 1. The van der Waals surface area contributed by atoms with E-state index in [1.807, 2.05) is 19.9 Å². The van der Waals surface area contributed by atoms with Crippen LogP contribution in [0.3, 0.4) is 0 Å². The van der Waals surface area contributed by atoms with Crippen molar-refractivity contribution in [2.45, 2.75) is 20.3 Å². The Balaban J connectivity index is 1.80. The van der Waals surface area contributed by atoms with Gasteiger partial charge in [0.1, 0.15) is 17.1 Å². The third kappa shape index (κ3) is 3.57. The van der Waals surface area contributed by atoms with E-state index < -0.39 is 0 Å². The molecule has 0 radical (unpaired) electrons. The smallest absolute Gasteiger partial charge is 0.300 e. The molecule has 3 aromatic rings. The fourth-order valence-corrected chi connectivity index (χ4v) is 2.49. The van der Waals surface area contributed by atoms with Gasteiger partial charge in [-0.25, -0.2) is 4.39 Å². The van der Waals surface area contributed by atoms with Gasteiger partial charge in [-0.15, -0.1) is 0 Å². The van der Waals surface area contributed by atoms with E-state index in [-0.39, 0.29) is 23.5 Å². The Bertz CT molecular complexity index is 905. The van der Waals surface area contributed by atoms with E-state index in [0.29, 0.717) is 28.2 Å². The summed E-state index contributed by atoms with van der Waals surface area (Å²) in [4.78, 5) is 16.0. The van der Waals surface area contributed by atoms with Crippen molar-refractivity contribution in [1.82, 2.24) is 4.98 Å². The van der Waals surface area contributed by atoms with Gasteiger partial charge in [0.25, 0.3) is 6.01 Å². The molecule has 0 bridgehead atoms. The SMILES string of the molecule is CC(C)C(=O)Cc1ccc(Nc2nc3ccc(F)cc3o2)c(Cl)c1. The molecule has 2 aromatic carbocycles. The quantitative estimate of drug-likeness (QED) is 0.695. The van der Waals surface area contributed by atoms with E-state index in [1.54, 1.807) is 18.2 Å². The van der Waals surface area contributed by atoms with Crippen LogP contribution in [0.15, 0.2) is 40.8 Å². The number of fused-ring (bicyclic) bond motifs is 1. The first kappa shape index (κ1) is 16.5. The van der Waals surface area contributed by atoms with Crippen LogP contribution in [0.5, 0.6) is 0 Å². The highest BCUT2D eigenvalue weighted by Crippen LogP contribution is 2.28. The minimum atomic E-state index is -0.387. The van der Waals surface area contributed by atoms with Crippen molar-refractivity contribution < 1.29 is 13.6 Å². The minimum absolute atomic E-state index is 0.0123. The highest BCUT2D eigenvalue weighted by Gasteiger charge is 2.12. The number of anilines is 2. The number of aromatic nitrogens is 1. The van der Waals surface area contributed by atoms with Gasteiger partial charge < -0.3 is 9.73 Å². The van der Waals surface area contributed by atoms with Crippen molar-refractivity contribution in [3.8, 4) is 0 Å². The number of halogens is 2. The lowest BCUT2D eigenvalue weighted by molar-refractivity contribution is -0.121. The largest absolute Gasteiger partial charge is 0.423 e. The second kappa shape index (κ2) is 6.61. The zero-order chi connectivity index (χ0) is 17.3. The summed E-state index contributed by atoms with van der Waals surface area (Å²) < 4.78 is 18.6. The third-order valence-corrected chi connectivity index (χ3v) is 3.96. The van der Waals surface area contributed by atoms with Crippen LogP contribution in [-0.2, 0) is 11.2 Å². The summed E-state index contributed by atoms with van der Waals surface area (Å²) in [6.07, 6.45) is 0.347. The van der Waals surface area contributed by atoms with Gasteiger partial charge in [0.15, 0.2) is 5.58 Å². The fraction of sp³-hybridized carbons (Fsp3) is 0.222. The molecule has 0 aliphatic rings. The summed E-state index contributed by atoms with van der Waals surface area (Å²) in [5.41, 5.74) is 2.36. The predicted octanol–water partition coefficient (Wildman–Crippen LogP) is 5.13. The zero-order valence-electron chi connectivity index (χ0n) is 13.3. The molecule has 1 heterocycles. The van der Waals surface area contributed by atoms with Gasteiger partial charge in [0.05, 0.1) is 10.7 Å². The number of ketones is 1. The normalized spacial score (nSPS) is 11.2. The zero-order valence-corrected chi connectivity index (χ0v) is 14.0. The van der Waals surface area contributed by atoms with E-state index >= 15 is 0 Å². The molecular weight excluding hydrogens is 331 g/mol. The molecule has 0 aliphatic carbocycles. The Hall–Kier alpha value is -2.40. The van der Waals surface area contributed by atoms with Gasteiger partial charge in [-0.1, -0.05) is 31.5 Å². The Kier molecular flexibility index (Phi) is 4.53. The Morgan fingerprint density at radius 1 is 1.29 bits per heavy atom. The number of nitrogens with one attached hydrogen (secondary N) is 1. The van der Waals surface area contributed by atoms with Gasteiger partial charge in [-0.3, -0.25) is 4.79 Å². The maximum Gasteiger partial charge on any atom is 0.300 e. The second-order valence-corrected chi connectivity index (χ2v) is 6.28. The number of benzene rings is 2. The van der Waals surface area contributed by atoms with Gasteiger partial charge in [0.2, 0.25) is 0 Å². The highest BCUT2D eigenvalue weighted by molar-refractivity contribution is 6.33. The number of Topliss-reactive ketones (excluding diaryl/α,β-unsaturated/α-hetero) is 1. The molecule has 0 aliphatic heterocycles. The monoisotopic (exact) mass is 346 g/mol. The van der Waals surface area contributed by atoms with Crippen molar-refractivity contribution in [3.63, 3.8) is 0 Å². The van der Waals surface area contributed by atoms with E-state index in [1.165, 1.54) is 12.1 Å². The van der Waals surface area contributed by atoms with Gasteiger partial charge in [-0.05, 0) is 29.8 Å². The average Bonchev–Trinajstić information content (AvgIpc) is 2.91.